The van der Waals surface area contributed by atoms with E-state index >= 15 is 0 Å². The molecule has 0 bridgehead atoms. The summed E-state index contributed by atoms with van der Waals surface area (Å²) in [5, 5.41) is 11.3. The lowest BCUT2D eigenvalue weighted by atomic mass is 9.95. The summed E-state index contributed by atoms with van der Waals surface area (Å²) >= 11 is 0.956. The molecule has 0 aliphatic carbocycles. The molecule has 9 heteroatoms. The second-order valence-electron chi connectivity index (χ2n) is 7.86. The fourth-order valence-corrected chi connectivity index (χ4v) is 4.84. The van der Waals surface area contributed by atoms with Crippen LogP contribution in [0.2, 0.25) is 0 Å². The molecular formula is C26H24N2O6S. The third-order valence-corrected chi connectivity index (χ3v) is 6.66. The highest BCUT2D eigenvalue weighted by atomic mass is 32.1. The Morgan fingerprint density at radius 3 is 2.43 bits per heavy atom. The van der Waals surface area contributed by atoms with Crippen LogP contribution >= 0.6 is 11.3 Å². The van der Waals surface area contributed by atoms with Gasteiger partial charge >= 0.3 is 11.9 Å². The molecule has 1 amide bonds. The first-order valence-corrected chi connectivity index (χ1v) is 11.8. The van der Waals surface area contributed by atoms with Crippen molar-refractivity contribution in [3.05, 3.63) is 81.9 Å². The first-order valence-electron chi connectivity index (χ1n) is 11.0. The number of ketones is 1. The summed E-state index contributed by atoms with van der Waals surface area (Å²) in [4.78, 5) is 44.5. The van der Waals surface area contributed by atoms with Gasteiger partial charge in [-0.05, 0) is 31.0 Å². The van der Waals surface area contributed by atoms with Gasteiger partial charge in [-0.3, -0.25) is 14.5 Å². The molecule has 8 nitrogen and oxygen atoms in total. The number of aliphatic hydroxyl groups excluding tert-OH is 1. The zero-order valence-electron chi connectivity index (χ0n) is 19.5. The topological polar surface area (TPSA) is 106 Å². The third kappa shape index (κ3) is 4.54. The Bertz CT molecular complexity index is 1300. The van der Waals surface area contributed by atoms with E-state index in [-0.39, 0.29) is 21.3 Å². The highest BCUT2D eigenvalue weighted by Gasteiger charge is 2.48. The highest BCUT2D eigenvalue weighted by molar-refractivity contribution is 7.17. The minimum Gasteiger partial charge on any atom is -0.507 e. The van der Waals surface area contributed by atoms with Gasteiger partial charge in [0.1, 0.15) is 16.4 Å². The number of ether oxygens (including phenoxy) is 2. The molecule has 1 saturated heterocycles. The number of hydrogen-bond acceptors (Lipinski definition) is 8. The Morgan fingerprint density at radius 2 is 1.80 bits per heavy atom. The van der Waals surface area contributed by atoms with E-state index in [0.29, 0.717) is 29.2 Å². The normalized spacial score (nSPS) is 17.0. The van der Waals surface area contributed by atoms with Gasteiger partial charge in [0.15, 0.2) is 5.13 Å². The van der Waals surface area contributed by atoms with Crippen molar-refractivity contribution in [3.8, 4) is 5.75 Å². The number of esters is 1. The van der Waals surface area contributed by atoms with Crippen LogP contribution < -0.4 is 9.64 Å². The van der Waals surface area contributed by atoms with E-state index in [1.807, 2.05) is 6.92 Å². The second kappa shape index (κ2) is 10.1. The maximum absolute atomic E-state index is 13.3. The van der Waals surface area contributed by atoms with E-state index in [2.05, 4.69) is 4.98 Å². The lowest BCUT2D eigenvalue weighted by molar-refractivity contribution is -0.132. The molecule has 35 heavy (non-hydrogen) atoms. The van der Waals surface area contributed by atoms with Crippen molar-refractivity contribution in [1.82, 2.24) is 4.98 Å². The van der Waals surface area contributed by atoms with Gasteiger partial charge in [0.2, 0.25) is 0 Å². The third-order valence-electron chi connectivity index (χ3n) is 5.52. The monoisotopic (exact) mass is 492 g/mol. The average molecular weight is 493 g/mol. The molecule has 1 N–H and O–H groups in total. The maximum Gasteiger partial charge on any atom is 0.350 e. The van der Waals surface area contributed by atoms with Crippen LogP contribution in [0.25, 0.3) is 5.76 Å². The van der Waals surface area contributed by atoms with Crippen LogP contribution in [0.15, 0.2) is 60.2 Å². The molecule has 0 unspecified atom stereocenters. The van der Waals surface area contributed by atoms with Gasteiger partial charge in [-0.25, -0.2) is 9.78 Å². The molecule has 180 valence electrons. The summed E-state index contributed by atoms with van der Waals surface area (Å²) in [5.41, 5.74) is 1.31. The van der Waals surface area contributed by atoms with Crippen molar-refractivity contribution in [1.29, 1.82) is 0 Å². The number of Topliss-reactive ketones (excluding diaryl/α,β-unsaturated/α-hetero) is 1. The molecular weight excluding hydrogens is 468 g/mol. The van der Waals surface area contributed by atoms with E-state index in [0.717, 1.165) is 17.8 Å². The largest absolute Gasteiger partial charge is 0.507 e. The summed E-state index contributed by atoms with van der Waals surface area (Å²) < 4.78 is 10.5. The predicted octanol–water partition coefficient (Wildman–Crippen LogP) is 4.65. The molecule has 0 radical (unpaired) electrons. The van der Waals surface area contributed by atoms with Gasteiger partial charge in [0.25, 0.3) is 5.78 Å². The van der Waals surface area contributed by atoms with Crippen molar-refractivity contribution in [2.24, 2.45) is 0 Å². The van der Waals surface area contributed by atoms with Gasteiger partial charge in [0, 0.05) is 5.56 Å². The van der Waals surface area contributed by atoms with Gasteiger partial charge in [-0.1, -0.05) is 60.7 Å². The average Bonchev–Trinajstić information content (AvgIpc) is 3.39. The zero-order chi connectivity index (χ0) is 25.1. The number of carbonyl (C=O) groups excluding carboxylic acids is 3. The highest BCUT2D eigenvalue weighted by Crippen LogP contribution is 2.44. The second-order valence-corrected chi connectivity index (χ2v) is 8.83. The molecule has 1 aliphatic rings. The van der Waals surface area contributed by atoms with E-state index < -0.39 is 23.7 Å². The number of aryl methyl sites for hydroxylation is 1. The number of hydrogen-bond donors (Lipinski definition) is 1. The van der Waals surface area contributed by atoms with E-state index in [1.54, 1.807) is 61.5 Å². The van der Waals surface area contributed by atoms with Gasteiger partial charge in [-0.2, -0.15) is 0 Å². The Labute approximate surface area is 206 Å². The van der Waals surface area contributed by atoms with Crippen LogP contribution in [-0.4, -0.2) is 41.5 Å². The van der Waals surface area contributed by atoms with Gasteiger partial charge < -0.3 is 14.6 Å². The molecule has 1 atom stereocenters. The molecule has 3 aromatic rings. The molecule has 2 aromatic carbocycles. The van der Waals surface area contributed by atoms with Gasteiger partial charge in [0.05, 0.1) is 31.0 Å². The van der Waals surface area contributed by atoms with Gasteiger partial charge in [-0.15, -0.1) is 0 Å². The van der Waals surface area contributed by atoms with Crippen molar-refractivity contribution >= 4 is 39.9 Å². The van der Waals surface area contributed by atoms with Crippen molar-refractivity contribution in [2.75, 3.05) is 18.6 Å². The number of rotatable bonds is 7. The summed E-state index contributed by atoms with van der Waals surface area (Å²) in [7, 11) is 1.26. The minimum absolute atomic E-state index is 0.0594. The number of thiazole rings is 1. The molecule has 1 aromatic heterocycles. The van der Waals surface area contributed by atoms with Crippen LogP contribution in [0.4, 0.5) is 5.13 Å². The van der Waals surface area contributed by atoms with Crippen LogP contribution in [0, 0.1) is 6.92 Å². The molecule has 2 heterocycles. The van der Waals surface area contributed by atoms with E-state index in [1.165, 1.54) is 12.0 Å². The Hall–Kier alpha value is -3.98. The molecule has 0 saturated carbocycles. The van der Waals surface area contributed by atoms with Crippen molar-refractivity contribution in [3.63, 3.8) is 0 Å². The smallest absolute Gasteiger partial charge is 0.350 e. The quantitative estimate of drug-likeness (QED) is 0.221. The maximum atomic E-state index is 13.3. The number of methoxy groups -OCH3 is 1. The van der Waals surface area contributed by atoms with E-state index in [4.69, 9.17) is 9.47 Å². The number of aliphatic hydroxyl groups is 1. The molecule has 1 fully saturated rings. The van der Waals surface area contributed by atoms with Crippen LogP contribution in [0.3, 0.4) is 0 Å². The summed E-state index contributed by atoms with van der Waals surface area (Å²) in [6.45, 7) is 4.19. The van der Waals surface area contributed by atoms with Crippen molar-refractivity contribution < 1.29 is 29.0 Å². The first-order chi connectivity index (χ1) is 16.9. The molecule has 1 aliphatic heterocycles. The first kappa shape index (κ1) is 24.2. The van der Waals surface area contributed by atoms with Crippen LogP contribution in [0.5, 0.6) is 5.75 Å². The van der Waals surface area contributed by atoms with Crippen LogP contribution in [-0.2, 0) is 14.3 Å². The number of carbonyl (C=O) groups is 3. The lowest BCUT2D eigenvalue weighted by Crippen LogP contribution is -2.29. The number of amides is 1. The number of aromatic nitrogens is 1. The summed E-state index contributed by atoms with van der Waals surface area (Å²) in [6, 6.07) is 14.6. The SMILES string of the molecule is CCCOc1ccc([C@@H]2/C(=C(\O)c3ccccc3)C(=O)C(=O)N2c2nc(C)c(C(=O)OC)s2)cc1. The number of benzene rings is 2. The fourth-order valence-electron chi connectivity index (χ4n) is 3.83. The van der Waals surface area contributed by atoms with Crippen LogP contribution in [0.1, 0.15) is 45.9 Å². The Morgan fingerprint density at radius 1 is 1.11 bits per heavy atom. The minimum atomic E-state index is -0.952. The zero-order valence-corrected chi connectivity index (χ0v) is 20.3. The fraction of sp³-hybridized carbons (Fsp3) is 0.231. The summed E-state index contributed by atoms with van der Waals surface area (Å²) in [5.74, 6) is -1.90. The molecule has 0 spiro atoms. The molecule has 4 rings (SSSR count). The number of anilines is 1. The predicted molar refractivity (Wildman–Crippen MR) is 132 cm³/mol. The Kier molecular flexibility index (Phi) is 6.97. The Balaban J connectivity index is 1.87. The summed E-state index contributed by atoms with van der Waals surface area (Å²) in [6.07, 6.45) is 0.852. The van der Waals surface area contributed by atoms with Crippen molar-refractivity contribution in [2.45, 2.75) is 26.3 Å². The van der Waals surface area contributed by atoms with E-state index in [9.17, 15) is 19.5 Å². The standard InChI is InChI=1S/C26H24N2O6S/c1-4-14-34-18-12-10-16(11-13-18)20-19(21(29)17-8-6-5-7-9-17)22(30)24(31)28(20)26-27-15(2)23(35-26)25(32)33-3/h5-13,20,29H,4,14H2,1-3H3/b21-19+/t20-/m1/s1. The lowest BCUT2D eigenvalue weighted by Gasteiger charge is -2.23. The number of nitrogens with zero attached hydrogens (tertiary/aromatic N) is 2.